The average molecular weight is 354 g/mol. The zero-order valence-corrected chi connectivity index (χ0v) is 16.3. The highest BCUT2D eigenvalue weighted by atomic mass is 16.7. The summed E-state index contributed by atoms with van der Waals surface area (Å²) in [6, 6.07) is 6.01. The molecule has 1 aromatic carbocycles. The van der Waals surface area contributed by atoms with Crippen LogP contribution >= 0.6 is 0 Å². The predicted octanol–water partition coefficient (Wildman–Crippen LogP) is 4.73. The molecule has 3 rings (SSSR count). The molecule has 26 heavy (non-hydrogen) atoms. The van der Waals surface area contributed by atoms with Gasteiger partial charge in [0.15, 0.2) is 0 Å². The van der Waals surface area contributed by atoms with Crippen molar-refractivity contribution in [2.24, 2.45) is 0 Å². The monoisotopic (exact) mass is 354 g/mol. The minimum Gasteiger partial charge on any atom is -0.489 e. The second-order valence-electron chi connectivity index (χ2n) is 7.78. The summed E-state index contributed by atoms with van der Waals surface area (Å²) in [7, 11) is -0.484. The van der Waals surface area contributed by atoms with E-state index in [1.165, 1.54) is 0 Å². The molecule has 0 amide bonds. The Labute approximate surface area is 155 Å². The lowest BCUT2D eigenvalue weighted by Crippen LogP contribution is -2.41. The van der Waals surface area contributed by atoms with Gasteiger partial charge in [-0.3, -0.25) is 0 Å². The highest BCUT2D eigenvalue weighted by Gasteiger charge is 2.52. The zero-order valence-electron chi connectivity index (χ0n) is 16.3. The lowest BCUT2D eigenvalue weighted by Gasteiger charge is -2.32. The Morgan fingerprint density at radius 3 is 2.38 bits per heavy atom. The van der Waals surface area contributed by atoms with Crippen LogP contribution < -0.4 is 5.46 Å². The smallest absolute Gasteiger partial charge is 0.489 e. The molecule has 0 saturated carbocycles. The summed E-state index contributed by atoms with van der Waals surface area (Å²) in [5.74, 6) is 0.622. The second kappa shape index (κ2) is 6.64. The fourth-order valence-electron chi connectivity index (χ4n) is 2.87. The van der Waals surface area contributed by atoms with Gasteiger partial charge in [-0.2, -0.15) is 0 Å². The third-order valence-corrected chi connectivity index (χ3v) is 5.38. The molecule has 2 aromatic rings. The van der Waals surface area contributed by atoms with Crippen molar-refractivity contribution < 1.29 is 18.5 Å². The van der Waals surface area contributed by atoms with Crippen molar-refractivity contribution in [3.63, 3.8) is 0 Å². The Kier molecular flexibility index (Phi) is 4.80. The van der Waals surface area contributed by atoms with Crippen LogP contribution in [0.4, 0.5) is 0 Å². The summed E-state index contributed by atoms with van der Waals surface area (Å²) in [4.78, 5) is 0. The average Bonchev–Trinajstić information content (AvgIpc) is 3.12. The van der Waals surface area contributed by atoms with E-state index in [1.54, 1.807) is 6.26 Å². The molecule has 0 N–H and O–H groups in total. The summed E-state index contributed by atoms with van der Waals surface area (Å²) in [6.07, 6.45) is 2.50. The molecular formula is C21H27BO4. The first-order valence-electron chi connectivity index (χ1n) is 9.00. The highest BCUT2D eigenvalue weighted by molar-refractivity contribution is 6.64. The van der Waals surface area contributed by atoms with Gasteiger partial charge in [-0.25, -0.2) is 0 Å². The standard InChI is InChI=1S/C21H27BO4/c1-8-14(2)15(3)24-13-16-11-17-9-10-23-19(17)18(12-16)22-25-20(4,5)21(6,7)26-22/h9-12H,2-3,8,13H2,1,4-7H3. The van der Waals surface area contributed by atoms with E-state index in [4.69, 9.17) is 18.5 Å². The van der Waals surface area contributed by atoms with Gasteiger partial charge in [-0.15, -0.1) is 0 Å². The van der Waals surface area contributed by atoms with Crippen LogP contribution in [0.3, 0.4) is 0 Å². The molecule has 0 radical (unpaired) electrons. The molecule has 4 nitrogen and oxygen atoms in total. The van der Waals surface area contributed by atoms with Gasteiger partial charge in [0.05, 0.1) is 17.5 Å². The van der Waals surface area contributed by atoms with Crippen molar-refractivity contribution in [3.8, 4) is 0 Å². The Bertz CT molecular complexity index is 831. The summed E-state index contributed by atoms with van der Waals surface area (Å²) >= 11 is 0. The van der Waals surface area contributed by atoms with Crippen LogP contribution in [0.2, 0.25) is 0 Å². The van der Waals surface area contributed by atoms with Crippen LogP contribution in [0.5, 0.6) is 0 Å². The Morgan fingerprint density at radius 2 is 1.77 bits per heavy atom. The molecule has 2 heterocycles. The van der Waals surface area contributed by atoms with E-state index in [0.29, 0.717) is 12.4 Å². The maximum absolute atomic E-state index is 6.21. The van der Waals surface area contributed by atoms with Gasteiger partial charge in [0.25, 0.3) is 0 Å². The van der Waals surface area contributed by atoms with Crippen LogP contribution in [0.25, 0.3) is 11.0 Å². The number of hydrogen-bond donors (Lipinski definition) is 0. The number of rotatable bonds is 6. The normalized spacial score (nSPS) is 18.3. The molecule has 5 heteroatoms. The van der Waals surface area contributed by atoms with Gasteiger partial charge < -0.3 is 18.5 Å². The van der Waals surface area contributed by atoms with Gasteiger partial charge in [-0.1, -0.05) is 26.1 Å². The molecule has 0 aliphatic carbocycles. The lowest BCUT2D eigenvalue weighted by molar-refractivity contribution is 0.00578. The topological polar surface area (TPSA) is 40.8 Å². The second-order valence-corrected chi connectivity index (χ2v) is 7.78. The highest BCUT2D eigenvalue weighted by Crippen LogP contribution is 2.37. The van der Waals surface area contributed by atoms with Gasteiger partial charge in [-0.05, 0) is 57.4 Å². The fraction of sp³-hybridized carbons (Fsp3) is 0.429. The van der Waals surface area contributed by atoms with E-state index in [1.807, 2.05) is 46.8 Å². The molecule has 1 saturated heterocycles. The molecule has 138 valence electrons. The van der Waals surface area contributed by atoms with Gasteiger partial charge in [0, 0.05) is 10.8 Å². The van der Waals surface area contributed by atoms with Crippen molar-refractivity contribution in [1.29, 1.82) is 0 Å². The molecule has 0 bridgehead atoms. The number of furan rings is 1. The summed E-state index contributed by atoms with van der Waals surface area (Å²) in [5.41, 5.74) is 2.76. The summed E-state index contributed by atoms with van der Waals surface area (Å²) in [5, 5.41) is 0.996. The quantitative estimate of drug-likeness (QED) is 0.427. The van der Waals surface area contributed by atoms with Gasteiger partial charge >= 0.3 is 7.12 Å². The van der Waals surface area contributed by atoms with Crippen molar-refractivity contribution in [2.75, 3.05) is 0 Å². The maximum Gasteiger partial charge on any atom is 0.498 e. The predicted molar refractivity (Wildman–Crippen MR) is 105 cm³/mol. The Hall–Kier alpha value is -1.98. The van der Waals surface area contributed by atoms with E-state index in [2.05, 4.69) is 19.2 Å². The van der Waals surface area contributed by atoms with E-state index in [9.17, 15) is 0 Å². The molecule has 1 aromatic heterocycles. The van der Waals surface area contributed by atoms with Gasteiger partial charge in [0.2, 0.25) is 0 Å². The number of hydrogen-bond acceptors (Lipinski definition) is 4. The van der Waals surface area contributed by atoms with E-state index in [-0.39, 0.29) is 0 Å². The third-order valence-electron chi connectivity index (χ3n) is 5.38. The Balaban J connectivity index is 1.90. The minimum absolute atomic E-state index is 0.407. The zero-order chi connectivity index (χ0) is 19.1. The molecule has 0 atom stereocenters. The van der Waals surface area contributed by atoms with E-state index in [0.717, 1.165) is 34.0 Å². The van der Waals surface area contributed by atoms with E-state index >= 15 is 0 Å². The first-order chi connectivity index (χ1) is 12.1. The van der Waals surface area contributed by atoms with Crippen LogP contribution in [-0.4, -0.2) is 18.3 Å². The van der Waals surface area contributed by atoms with Crippen molar-refractivity contribution in [1.82, 2.24) is 0 Å². The van der Waals surface area contributed by atoms with Crippen LogP contribution in [0.15, 0.2) is 53.4 Å². The fourth-order valence-corrected chi connectivity index (χ4v) is 2.87. The lowest BCUT2D eigenvalue weighted by atomic mass is 9.77. The van der Waals surface area contributed by atoms with E-state index < -0.39 is 18.3 Å². The van der Waals surface area contributed by atoms with Crippen LogP contribution in [0.1, 0.15) is 46.6 Å². The van der Waals surface area contributed by atoms with Crippen molar-refractivity contribution >= 4 is 23.6 Å². The number of ether oxygens (including phenoxy) is 1. The number of fused-ring (bicyclic) bond motifs is 1. The SMILES string of the molecule is C=C(CC)C(=C)OCc1cc(B2OC(C)(C)C(C)(C)O2)c2occc2c1. The summed E-state index contributed by atoms with van der Waals surface area (Å²) in [6.45, 7) is 18.5. The first kappa shape index (κ1) is 18.8. The van der Waals surface area contributed by atoms with Crippen LogP contribution in [0, 0.1) is 0 Å². The molecule has 1 aliphatic rings. The van der Waals surface area contributed by atoms with Crippen molar-refractivity contribution in [3.05, 3.63) is 54.5 Å². The van der Waals surface area contributed by atoms with Crippen LogP contribution in [-0.2, 0) is 20.7 Å². The molecule has 0 spiro atoms. The summed E-state index contributed by atoms with van der Waals surface area (Å²) < 4.78 is 23.9. The number of benzene rings is 1. The van der Waals surface area contributed by atoms with Crippen molar-refractivity contribution in [2.45, 2.75) is 58.8 Å². The molecule has 0 unspecified atom stereocenters. The Morgan fingerprint density at radius 1 is 1.12 bits per heavy atom. The first-order valence-corrected chi connectivity index (χ1v) is 9.00. The molecular weight excluding hydrogens is 327 g/mol. The molecule has 1 fully saturated rings. The maximum atomic E-state index is 6.21. The third kappa shape index (κ3) is 3.34. The number of allylic oxidation sites excluding steroid dienone is 1. The van der Waals surface area contributed by atoms with Gasteiger partial charge in [0.1, 0.15) is 17.9 Å². The largest absolute Gasteiger partial charge is 0.498 e. The minimum atomic E-state index is -0.484. The molecule has 1 aliphatic heterocycles.